The van der Waals surface area contributed by atoms with Gasteiger partial charge in [-0.25, -0.2) is 0 Å². The maximum absolute atomic E-state index is 12.3. The fraction of sp³-hybridized carbons (Fsp3) is 0.857. The minimum Gasteiger partial charge on any atom is -0.419 e. The molecule has 0 aliphatic carbocycles. The van der Waals surface area contributed by atoms with Crippen LogP contribution in [0.15, 0.2) is 12.2 Å². The number of likely N-dealkylation sites (N-methyl/N-ethyl adjacent to an activating group) is 1. The third kappa shape index (κ3) is 9.94. The number of carbonyl (C=O) groups is 1. The van der Waals surface area contributed by atoms with Gasteiger partial charge in [-0.1, -0.05) is 45.9 Å². The fourth-order valence-electron chi connectivity index (χ4n) is 2.73. The number of hydrogen-bond donors (Lipinski definition) is 0. The van der Waals surface area contributed by atoms with Gasteiger partial charge in [-0.15, -0.1) is 0 Å². The molecule has 0 spiro atoms. The fourth-order valence-corrected chi connectivity index (χ4v) is 26.9. The minimum absolute atomic E-state index is 0.00109. The van der Waals surface area contributed by atoms with Gasteiger partial charge >= 0.3 is 8.80 Å². The molecule has 0 fully saturated rings. The van der Waals surface area contributed by atoms with Crippen molar-refractivity contribution < 1.29 is 17.1 Å². The zero-order valence-electron chi connectivity index (χ0n) is 23.9. The Morgan fingerprint density at radius 2 is 1.12 bits per heavy atom. The Bertz CT molecular complexity index is 635. The Balaban J connectivity index is 6.25. The van der Waals surface area contributed by atoms with Gasteiger partial charge in [0.2, 0.25) is 5.91 Å². The van der Waals surface area contributed by atoms with Crippen molar-refractivity contribution in [1.29, 1.82) is 0 Å². The highest BCUT2D eigenvalue weighted by molar-refractivity contribution is 7.40. The predicted molar refractivity (Wildman–Crippen MR) is 156 cm³/mol. The first-order chi connectivity index (χ1) is 13.9. The lowest BCUT2D eigenvalue weighted by atomic mass is 10.3. The van der Waals surface area contributed by atoms with E-state index in [-0.39, 0.29) is 5.91 Å². The maximum atomic E-state index is 12.3. The van der Waals surface area contributed by atoms with Gasteiger partial charge in [0.15, 0.2) is 24.0 Å². The Morgan fingerprint density at radius 3 is 1.41 bits per heavy atom. The van der Waals surface area contributed by atoms with E-state index in [2.05, 4.69) is 91.7 Å². The van der Waals surface area contributed by atoms with Crippen LogP contribution in [-0.4, -0.2) is 72.4 Å². The van der Waals surface area contributed by atoms with E-state index in [1.807, 2.05) is 7.05 Å². The molecule has 0 atom stereocenters. The first-order valence-electron chi connectivity index (χ1n) is 11.9. The molecule has 11 heteroatoms. The topological polar surface area (TPSA) is 48.0 Å². The molecule has 0 saturated carbocycles. The largest absolute Gasteiger partial charge is 0.469 e. The van der Waals surface area contributed by atoms with Gasteiger partial charge in [0.05, 0.1) is 15.2 Å². The average molecular weight is 552 g/mol. The summed E-state index contributed by atoms with van der Waals surface area (Å²) >= 11 is 0. The van der Waals surface area contributed by atoms with Crippen LogP contribution in [0.2, 0.25) is 91.2 Å². The van der Waals surface area contributed by atoms with Crippen molar-refractivity contribution in [2.45, 2.75) is 104 Å². The van der Waals surface area contributed by atoms with Gasteiger partial charge < -0.3 is 17.2 Å². The monoisotopic (exact) mass is 551 g/mol. The van der Waals surface area contributed by atoms with Crippen LogP contribution in [0.1, 0.15) is 13.3 Å². The molecule has 0 aromatic heterocycles. The number of rotatable bonds is 13. The van der Waals surface area contributed by atoms with Crippen LogP contribution in [0.4, 0.5) is 0 Å². The van der Waals surface area contributed by atoms with Gasteiger partial charge in [0.1, 0.15) is 0 Å². The molecule has 0 bridgehead atoms. The summed E-state index contributed by atoms with van der Waals surface area (Å²) in [6.07, 6.45) is 0.818. The third-order valence-corrected chi connectivity index (χ3v) is 48.5. The van der Waals surface area contributed by atoms with Crippen molar-refractivity contribution in [1.82, 2.24) is 4.90 Å². The first-order valence-corrected chi connectivity index (χ1v) is 32.0. The molecule has 0 unspecified atom stereocenters. The van der Waals surface area contributed by atoms with Gasteiger partial charge in [0, 0.05) is 25.2 Å². The van der Waals surface area contributed by atoms with E-state index < -0.39 is 48.0 Å². The lowest BCUT2D eigenvalue weighted by Crippen LogP contribution is -2.70. The highest BCUT2D eigenvalue weighted by atomic mass is 29.3. The molecule has 0 aliphatic heterocycles. The molecule has 0 aromatic carbocycles. The predicted octanol–water partition coefficient (Wildman–Crippen LogP) is 6.48. The summed E-state index contributed by atoms with van der Waals surface area (Å²) in [4.78, 5) is 14.1. The summed E-state index contributed by atoms with van der Waals surface area (Å²) in [6.45, 7) is 36.8. The second kappa shape index (κ2) is 11.0. The SMILES string of the molecule is C=C(C)C(=O)N(C)CCC[Si](O[Si](C)(C)C)(O[Si](C)(C)[Si](C)(C)C)O[Si](C)(C)[Si](C)(C)C. The van der Waals surface area contributed by atoms with Crippen molar-refractivity contribution in [2.75, 3.05) is 13.6 Å². The zero-order valence-corrected chi connectivity index (χ0v) is 29.9. The smallest absolute Gasteiger partial charge is 0.419 e. The standard InChI is InChI=1S/C21H53NO4Si6/c1-20(2)21(23)22(3)18-17-19-32(24-27(4,5)6,25-30(13,14)28(7,8)9)26-31(15,16)29(10,11)12/h1,17-19H2,2-16H3. The number of carbonyl (C=O) groups excluding carboxylic acids is 1. The number of amides is 1. The Kier molecular flexibility index (Phi) is 11.1. The average Bonchev–Trinajstić information content (AvgIpc) is 2.48. The number of nitrogens with zero attached hydrogens (tertiary/aromatic N) is 1. The number of hydrogen-bond acceptors (Lipinski definition) is 4. The van der Waals surface area contributed by atoms with Crippen molar-refractivity contribution in [3.63, 3.8) is 0 Å². The van der Waals surface area contributed by atoms with Crippen LogP contribution in [-0.2, 0) is 17.1 Å². The van der Waals surface area contributed by atoms with Crippen LogP contribution in [0, 0.1) is 0 Å². The molecular weight excluding hydrogens is 499 g/mol. The maximum Gasteiger partial charge on any atom is 0.469 e. The molecule has 5 nitrogen and oxygen atoms in total. The van der Waals surface area contributed by atoms with E-state index in [0.717, 1.165) is 12.5 Å². The van der Waals surface area contributed by atoms with E-state index in [0.29, 0.717) is 12.1 Å². The third-order valence-electron chi connectivity index (χ3n) is 6.58. The summed E-state index contributed by atoms with van der Waals surface area (Å²) in [7, 11) is -10.1. The lowest BCUT2D eigenvalue weighted by molar-refractivity contribution is -0.125. The lowest BCUT2D eigenvalue weighted by Gasteiger charge is -2.49. The highest BCUT2D eigenvalue weighted by Crippen LogP contribution is 2.35. The minimum atomic E-state index is -2.96. The van der Waals surface area contributed by atoms with E-state index >= 15 is 0 Å². The molecule has 32 heavy (non-hydrogen) atoms. The second-order valence-electron chi connectivity index (χ2n) is 13.2. The summed E-state index contributed by atoms with van der Waals surface area (Å²) in [5.74, 6) is -0.00109. The first kappa shape index (κ1) is 32.4. The molecular formula is C21H53NO4Si6. The quantitative estimate of drug-likeness (QED) is 0.194. The summed E-state index contributed by atoms with van der Waals surface area (Å²) in [5, 5.41) is 0. The summed E-state index contributed by atoms with van der Waals surface area (Å²) in [6, 6.07) is 0.771. The van der Waals surface area contributed by atoms with E-state index in [4.69, 9.17) is 12.3 Å². The molecule has 0 rings (SSSR count). The summed E-state index contributed by atoms with van der Waals surface area (Å²) < 4.78 is 21.5. The van der Waals surface area contributed by atoms with Gasteiger partial charge in [0.25, 0.3) is 0 Å². The Hall–Kier alpha value is 0.391. The van der Waals surface area contributed by atoms with Crippen molar-refractivity contribution in [3.05, 3.63) is 12.2 Å². The van der Waals surface area contributed by atoms with Crippen molar-refractivity contribution in [3.8, 4) is 0 Å². The molecule has 0 aliphatic rings. The second-order valence-corrected chi connectivity index (χ2v) is 53.0. The Labute approximate surface area is 205 Å². The van der Waals surface area contributed by atoms with Crippen LogP contribution < -0.4 is 0 Å². The van der Waals surface area contributed by atoms with Gasteiger partial charge in [-0.2, -0.15) is 0 Å². The van der Waals surface area contributed by atoms with E-state index in [9.17, 15) is 4.79 Å². The van der Waals surface area contributed by atoms with Crippen molar-refractivity contribution >= 4 is 53.9 Å². The van der Waals surface area contributed by atoms with E-state index in [1.54, 1.807) is 11.8 Å². The molecule has 0 N–H and O–H groups in total. The summed E-state index contributed by atoms with van der Waals surface area (Å²) in [5.41, 5.74) is 0.571. The van der Waals surface area contributed by atoms with Crippen LogP contribution >= 0.6 is 0 Å². The normalized spacial score (nSPS) is 14.5. The molecule has 1 amide bonds. The molecule has 0 saturated heterocycles. The van der Waals surface area contributed by atoms with Gasteiger partial charge in [-0.05, 0) is 59.2 Å². The molecule has 0 radical (unpaired) electrons. The van der Waals surface area contributed by atoms with E-state index in [1.165, 1.54) is 0 Å². The van der Waals surface area contributed by atoms with Crippen LogP contribution in [0.5, 0.6) is 0 Å². The van der Waals surface area contributed by atoms with Crippen LogP contribution in [0.3, 0.4) is 0 Å². The molecule has 0 aromatic rings. The zero-order chi connectivity index (χ0) is 26.0. The van der Waals surface area contributed by atoms with Gasteiger partial charge in [-0.3, -0.25) is 4.79 Å². The molecule has 190 valence electrons. The Morgan fingerprint density at radius 1 is 0.750 bits per heavy atom. The highest BCUT2D eigenvalue weighted by Gasteiger charge is 2.56. The molecule has 0 heterocycles. The van der Waals surface area contributed by atoms with Crippen molar-refractivity contribution in [2.24, 2.45) is 0 Å². The van der Waals surface area contributed by atoms with Crippen LogP contribution in [0.25, 0.3) is 0 Å².